The SMILES string of the molecule is NC(=O)c1cccc2nc3ccccc3nc2cccccccoo[nH]ncc1. The van der Waals surface area contributed by atoms with Crippen molar-refractivity contribution in [3.63, 3.8) is 0 Å². The van der Waals surface area contributed by atoms with Crippen molar-refractivity contribution in [3.8, 4) is 0 Å². The topological polar surface area (TPSA) is 124 Å². The molecule has 0 saturated heterocycles. The number of hydrogen-bond acceptors (Lipinski definition) is 6. The molecular weight excluding hydrogens is 382 g/mol. The maximum Gasteiger partial charge on any atom is 0.248 e. The number of primary amides is 1. The third-order valence-corrected chi connectivity index (χ3v) is 3.74. The van der Waals surface area contributed by atoms with Crippen LogP contribution in [0.1, 0.15) is 10.4 Å². The molecule has 1 amide bonds. The highest BCUT2D eigenvalue weighted by molar-refractivity contribution is 5.92. The Morgan fingerprint density at radius 2 is 1.30 bits per heavy atom. The second kappa shape index (κ2) is 10.8. The van der Waals surface area contributed by atoms with Gasteiger partial charge in [0.2, 0.25) is 5.91 Å². The van der Waals surface area contributed by atoms with Crippen molar-refractivity contribution in [1.29, 1.82) is 0 Å². The number of carbonyl (C=O) groups is 1. The van der Waals surface area contributed by atoms with Gasteiger partial charge in [-0.05, 0) is 42.5 Å². The van der Waals surface area contributed by atoms with Gasteiger partial charge < -0.3 is 5.73 Å². The lowest BCUT2D eigenvalue weighted by atomic mass is 10.2. The normalized spacial score (nSPS) is 9.60. The van der Waals surface area contributed by atoms with E-state index in [1.165, 1.54) is 18.5 Å². The van der Waals surface area contributed by atoms with Crippen LogP contribution in [-0.2, 0) is 0 Å². The molecule has 0 saturated carbocycles. The number of nitrogens with one attached hydrogen (secondary N) is 1. The minimum Gasteiger partial charge on any atom is -0.366 e. The molecule has 0 aliphatic carbocycles. The number of aromatic nitrogens is 4. The van der Waals surface area contributed by atoms with E-state index in [-0.39, 0.29) is 5.56 Å². The fraction of sp³-hybridized carbons (Fsp3) is 0. The minimum atomic E-state index is -0.609. The van der Waals surface area contributed by atoms with Crippen LogP contribution in [0.3, 0.4) is 0 Å². The van der Waals surface area contributed by atoms with Gasteiger partial charge in [-0.15, -0.1) is 5.10 Å². The van der Waals surface area contributed by atoms with Gasteiger partial charge in [0.25, 0.3) is 0 Å². The molecule has 8 nitrogen and oxygen atoms in total. The quantitative estimate of drug-likeness (QED) is 0.586. The zero-order chi connectivity index (χ0) is 21.0. The van der Waals surface area contributed by atoms with Gasteiger partial charge in [-0.25, -0.2) is 9.97 Å². The Labute approximate surface area is 171 Å². The standard InChI is InChI=1S/C22H19N5O3/c23-22(28)17-9-8-13-21-18(25-19-11-5-6-12-20(19)26-21)10-4-2-1-3-7-16-29-30-27-24-15-14-17/h1-16,27H,(H2,23,28). The number of nitrogens with two attached hydrogens (primary N) is 1. The number of H-pyrrole nitrogens is 1. The second-order valence-electron chi connectivity index (χ2n) is 5.81. The molecule has 0 unspecified atom stereocenters. The summed E-state index contributed by atoms with van der Waals surface area (Å²) in [7, 11) is 0. The predicted octanol–water partition coefficient (Wildman–Crippen LogP) is 4.29. The average Bonchev–Trinajstić information content (AvgIpc) is 2.75. The van der Waals surface area contributed by atoms with Gasteiger partial charge in [-0.2, -0.15) is 4.68 Å². The van der Waals surface area contributed by atoms with Crippen LogP contribution in [0.5, 0.6) is 0 Å². The molecule has 0 bridgehead atoms. The zero-order valence-corrected chi connectivity index (χ0v) is 15.9. The summed E-state index contributed by atoms with van der Waals surface area (Å²) in [6.07, 6.45) is 2.63. The number of rotatable bonds is 1. The maximum absolute atomic E-state index is 11.6. The van der Waals surface area contributed by atoms with Crippen LogP contribution in [-0.4, -0.2) is 26.2 Å². The summed E-state index contributed by atoms with van der Waals surface area (Å²) in [6.45, 7) is 0. The second-order valence-corrected chi connectivity index (χ2v) is 5.81. The van der Waals surface area contributed by atoms with Crippen LogP contribution < -0.4 is 5.73 Å². The Morgan fingerprint density at radius 1 is 0.733 bits per heavy atom. The summed E-state index contributed by atoms with van der Waals surface area (Å²) in [6, 6.07) is 24.8. The smallest absolute Gasteiger partial charge is 0.248 e. The van der Waals surface area contributed by atoms with Gasteiger partial charge in [-0.3, -0.25) is 9.37 Å². The Morgan fingerprint density at radius 3 is 1.97 bits per heavy atom. The summed E-state index contributed by atoms with van der Waals surface area (Å²) < 4.78 is 9.32. The van der Waals surface area contributed by atoms with Gasteiger partial charge in [0.1, 0.15) is 6.26 Å². The lowest BCUT2D eigenvalue weighted by Crippen LogP contribution is -2.09. The van der Waals surface area contributed by atoms with Crippen LogP contribution in [0, 0.1) is 0 Å². The molecule has 2 heterocycles. The number of amides is 1. The van der Waals surface area contributed by atoms with E-state index in [0.717, 1.165) is 11.0 Å². The Bertz CT molecular complexity index is 1260. The monoisotopic (exact) mass is 401 g/mol. The van der Waals surface area contributed by atoms with E-state index in [4.69, 9.17) is 10.3 Å². The van der Waals surface area contributed by atoms with E-state index >= 15 is 0 Å². The summed E-state index contributed by atoms with van der Waals surface area (Å²) in [5.74, 6) is -0.609. The van der Waals surface area contributed by atoms with Gasteiger partial charge in [0, 0.05) is 5.56 Å². The summed E-state index contributed by atoms with van der Waals surface area (Å²) in [4.78, 5) is 21.0. The predicted molar refractivity (Wildman–Crippen MR) is 113 cm³/mol. The number of fused-ring (bicyclic) bond motifs is 2. The van der Waals surface area contributed by atoms with E-state index in [9.17, 15) is 4.79 Å². The summed E-state index contributed by atoms with van der Waals surface area (Å²) >= 11 is 0. The first-order valence-corrected chi connectivity index (χ1v) is 8.96. The largest absolute Gasteiger partial charge is 0.366 e. The minimum absolute atomic E-state index is 0.235. The number of para-hydroxylation sites is 2. The molecule has 30 heavy (non-hydrogen) atoms. The Balaban J connectivity index is 2.27. The fourth-order valence-electron chi connectivity index (χ4n) is 2.37. The van der Waals surface area contributed by atoms with Crippen LogP contribution in [0.2, 0.25) is 0 Å². The molecule has 0 aliphatic heterocycles. The molecule has 3 N–H and O–H groups in total. The van der Waals surface area contributed by atoms with Crippen molar-refractivity contribution < 1.29 is 14.1 Å². The first-order chi connectivity index (χ1) is 14.7. The zero-order valence-electron chi connectivity index (χ0n) is 15.9. The van der Waals surface area contributed by atoms with E-state index in [1.54, 1.807) is 30.3 Å². The van der Waals surface area contributed by atoms with Crippen molar-refractivity contribution >= 4 is 28.0 Å². The molecule has 0 aliphatic rings. The highest BCUT2D eigenvalue weighted by Gasteiger charge is 1.98. The van der Waals surface area contributed by atoms with Crippen LogP contribution in [0.15, 0.2) is 107 Å². The third kappa shape index (κ3) is 6.03. The van der Waals surface area contributed by atoms with Crippen LogP contribution in [0.25, 0.3) is 22.1 Å². The van der Waals surface area contributed by atoms with E-state index in [0.29, 0.717) is 11.0 Å². The molecule has 2 aromatic heterocycles. The van der Waals surface area contributed by atoms with Crippen molar-refractivity contribution in [2.75, 3.05) is 0 Å². The van der Waals surface area contributed by atoms with Gasteiger partial charge in [0.05, 0.1) is 28.3 Å². The molecule has 0 spiro atoms. The summed E-state index contributed by atoms with van der Waals surface area (Å²) in [5, 5.41) is 5.91. The summed E-state index contributed by atoms with van der Waals surface area (Å²) in [5.41, 5.74) is 8.53. The van der Waals surface area contributed by atoms with Crippen LogP contribution in [0.4, 0.5) is 0 Å². The fourth-order valence-corrected chi connectivity index (χ4v) is 2.37. The molecule has 3 aromatic rings. The number of hydrogen-bond donors (Lipinski definition) is 2. The van der Waals surface area contributed by atoms with E-state index in [1.807, 2.05) is 48.5 Å². The number of aromatic amines is 1. The van der Waals surface area contributed by atoms with Crippen molar-refractivity contribution in [2.24, 2.45) is 5.73 Å². The molecule has 3 rings (SSSR count). The van der Waals surface area contributed by atoms with Crippen LogP contribution >= 0.6 is 0 Å². The van der Waals surface area contributed by atoms with Crippen molar-refractivity contribution in [3.05, 3.63) is 103 Å². The molecule has 0 atom stereocenters. The first-order valence-electron chi connectivity index (χ1n) is 8.96. The molecule has 8 heteroatoms. The molecule has 0 radical (unpaired) electrons. The highest BCUT2D eigenvalue weighted by Crippen LogP contribution is 2.13. The molecular formula is C22H19N5O3. The van der Waals surface area contributed by atoms with Crippen molar-refractivity contribution in [2.45, 2.75) is 0 Å². The average molecular weight is 401 g/mol. The lowest BCUT2D eigenvalue weighted by Gasteiger charge is -1.97. The molecule has 0 fully saturated rings. The van der Waals surface area contributed by atoms with Gasteiger partial charge in [-0.1, -0.05) is 47.7 Å². The molecule has 1 aromatic carbocycles. The van der Waals surface area contributed by atoms with Gasteiger partial charge >= 0.3 is 0 Å². The van der Waals surface area contributed by atoms with Crippen molar-refractivity contribution in [1.82, 2.24) is 20.3 Å². The first kappa shape index (κ1) is 20.3. The number of benzene rings is 1. The highest BCUT2D eigenvalue weighted by atomic mass is 17.0. The van der Waals surface area contributed by atoms with E-state index < -0.39 is 5.91 Å². The number of nitrogens with zero attached hydrogens (tertiary/aromatic N) is 3. The Hall–Kier alpha value is -4.46. The molecule has 150 valence electrons. The Kier molecular flexibility index (Phi) is 7.28. The third-order valence-electron chi connectivity index (χ3n) is 3.74. The van der Waals surface area contributed by atoms with E-state index in [2.05, 4.69) is 25.0 Å². The lowest BCUT2D eigenvalue weighted by molar-refractivity contribution is -0.0206. The number of carbonyl (C=O) groups excluding carboxylic acids is 1. The maximum atomic E-state index is 11.6. The van der Waals surface area contributed by atoms with Gasteiger partial charge in [0.15, 0.2) is 0 Å².